The number of halogens is 1. The lowest BCUT2D eigenvalue weighted by Gasteiger charge is -2.34. The monoisotopic (exact) mass is 317 g/mol. The SMILES string of the molecule is Cc1cc(CN2CCN(c3ccc(Cl)c(C#N)n3)CC2)on1. The molecular formula is C15H16ClN5O. The fraction of sp³-hybridized carbons (Fsp3) is 0.400. The van der Waals surface area contributed by atoms with Gasteiger partial charge in [-0.05, 0) is 19.1 Å². The first-order valence-corrected chi connectivity index (χ1v) is 7.49. The summed E-state index contributed by atoms with van der Waals surface area (Å²) in [6, 6.07) is 7.57. The molecule has 0 unspecified atom stereocenters. The standard InChI is InChI=1S/C15H16ClN5O/c1-11-8-12(22-19-11)10-20-4-6-21(7-5-20)15-3-2-13(16)14(9-17)18-15/h2-3,8H,4-7,10H2,1H3. The first-order valence-electron chi connectivity index (χ1n) is 7.12. The van der Waals surface area contributed by atoms with E-state index in [1.165, 1.54) is 0 Å². The first-order chi connectivity index (χ1) is 10.7. The van der Waals surface area contributed by atoms with Crippen molar-refractivity contribution in [3.8, 4) is 6.07 Å². The molecule has 6 nitrogen and oxygen atoms in total. The molecular weight excluding hydrogens is 302 g/mol. The second-order valence-electron chi connectivity index (χ2n) is 5.31. The first kappa shape index (κ1) is 14.8. The fourth-order valence-electron chi connectivity index (χ4n) is 2.53. The number of hydrogen-bond donors (Lipinski definition) is 0. The Balaban J connectivity index is 1.61. The maximum Gasteiger partial charge on any atom is 0.161 e. The van der Waals surface area contributed by atoms with Crippen molar-refractivity contribution in [2.75, 3.05) is 31.1 Å². The van der Waals surface area contributed by atoms with Crippen molar-refractivity contribution in [3.63, 3.8) is 0 Å². The van der Waals surface area contributed by atoms with Crippen LogP contribution in [-0.4, -0.2) is 41.2 Å². The largest absolute Gasteiger partial charge is 0.360 e. The van der Waals surface area contributed by atoms with Gasteiger partial charge in [0.15, 0.2) is 11.5 Å². The molecule has 7 heteroatoms. The van der Waals surface area contributed by atoms with E-state index in [1.54, 1.807) is 6.07 Å². The fourth-order valence-corrected chi connectivity index (χ4v) is 2.68. The van der Waals surface area contributed by atoms with Gasteiger partial charge < -0.3 is 9.42 Å². The summed E-state index contributed by atoms with van der Waals surface area (Å²) >= 11 is 5.92. The summed E-state index contributed by atoms with van der Waals surface area (Å²) in [7, 11) is 0. The van der Waals surface area contributed by atoms with Gasteiger partial charge in [0, 0.05) is 32.2 Å². The van der Waals surface area contributed by atoms with Crippen LogP contribution in [0.15, 0.2) is 22.7 Å². The summed E-state index contributed by atoms with van der Waals surface area (Å²) in [5.41, 5.74) is 1.18. The molecule has 1 aliphatic heterocycles. The number of aryl methyl sites for hydroxylation is 1. The molecule has 3 heterocycles. The Kier molecular flexibility index (Phi) is 4.27. The van der Waals surface area contributed by atoms with Crippen molar-refractivity contribution < 1.29 is 4.52 Å². The average molecular weight is 318 g/mol. The van der Waals surface area contributed by atoms with Gasteiger partial charge in [0.2, 0.25) is 0 Å². The lowest BCUT2D eigenvalue weighted by molar-refractivity contribution is 0.219. The minimum Gasteiger partial charge on any atom is -0.360 e. The molecule has 0 aliphatic carbocycles. The quantitative estimate of drug-likeness (QED) is 0.864. The minimum atomic E-state index is 0.277. The Morgan fingerprint density at radius 3 is 2.73 bits per heavy atom. The number of pyridine rings is 1. The zero-order valence-corrected chi connectivity index (χ0v) is 13.0. The van der Waals surface area contributed by atoms with Crippen LogP contribution in [0.3, 0.4) is 0 Å². The van der Waals surface area contributed by atoms with Gasteiger partial charge in [0.25, 0.3) is 0 Å². The molecule has 114 valence electrons. The maximum atomic E-state index is 9.01. The molecule has 0 amide bonds. The van der Waals surface area contributed by atoms with Crippen LogP contribution in [0.25, 0.3) is 0 Å². The third-order valence-electron chi connectivity index (χ3n) is 3.69. The highest BCUT2D eigenvalue weighted by Crippen LogP contribution is 2.20. The van der Waals surface area contributed by atoms with E-state index in [9.17, 15) is 0 Å². The summed E-state index contributed by atoms with van der Waals surface area (Å²) < 4.78 is 5.25. The van der Waals surface area contributed by atoms with E-state index >= 15 is 0 Å². The van der Waals surface area contributed by atoms with Crippen LogP contribution >= 0.6 is 11.6 Å². The van der Waals surface area contributed by atoms with Gasteiger partial charge in [-0.25, -0.2) is 4.98 Å². The van der Waals surface area contributed by atoms with Gasteiger partial charge in [0.05, 0.1) is 17.3 Å². The van der Waals surface area contributed by atoms with Crippen molar-refractivity contribution >= 4 is 17.4 Å². The predicted octanol–water partition coefficient (Wildman–Crippen LogP) is 2.23. The van der Waals surface area contributed by atoms with Crippen LogP contribution in [0.2, 0.25) is 5.02 Å². The summed E-state index contributed by atoms with van der Waals surface area (Å²) in [5.74, 6) is 1.69. The molecule has 0 radical (unpaired) electrons. The molecule has 22 heavy (non-hydrogen) atoms. The summed E-state index contributed by atoms with van der Waals surface area (Å²) in [6.45, 7) is 6.22. The molecule has 0 saturated carbocycles. The Morgan fingerprint density at radius 2 is 2.09 bits per heavy atom. The molecule has 3 rings (SSSR count). The van der Waals surface area contributed by atoms with Gasteiger partial charge in [-0.3, -0.25) is 4.90 Å². The lowest BCUT2D eigenvalue weighted by atomic mass is 10.2. The van der Waals surface area contributed by atoms with Crippen molar-refractivity contribution in [2.24, 2.45) is 0 Å². The van der Waals surface area contributed by atoms with Crippen LogP contribution in [-0.2, 0) is 6.54 Å². The van der Waals surface area contributed by atoms with E-state index in [0.717, 1.165) is 50.0 Å². The van der Waals surface area contributed by atoms with Gasteiger partial charge in [-0.2, -0.15) is 5.26 Å². The highest BCUT2D eigenvalue weighted by Gasteiger charge is 2.20. The van der Waals surface area contributed by atoms with Gasteiger partial charge in [-0.15, -0.1) is 0 Å². The molecule has 0 atom stereocenters. The van der Waals surface area contributed by atoms with Crippen molar-refractivity contribution in [3.05, 3.63) is 40.4 Å². The van der Waals surface area contributed by atoms with Gasteiger partial charge in [0.1, 0.15) is 11.9 Å². The highest BCUT2D eigenvalue weighted by molar-refractivity contribution is 6.31. The molecule has 0 aromatic carbocycles. The summed E-state index contributed by atoms with van der Waals surface area (Å²) in [5, 5.41) is 13.3. The molecule has 2 aromatic rings. The number of nitriles is 1. The predicted molar refractivity (Wildman–Crippen MR) is 82.7 cm³/mol. The number of aromatic nitrogens is 2. The van der Waals surface area contributed by atoms with E-state index in [4.69, 9.17) is 21.4 Å². The summed E-state index contributed by atoms with van der Waals surface area (Å²) in [4.78, 5) is 8.80. The normalized spacial score (nSPS) is 15.8. The van der Waals surface area contributed by atoms with E-state index < -0.39 is 0 Å². The Bertz CT molecular complexity index is 700. The van der Waals surface area contributed by atoms with Crippen LogP contribution in [0.1, 0.15) is 17.1 Å². The molecule has 1 aliphatic rings. The third kappa shape index (κ3) is 3.21. The maximum absolute atomic E-state index is 9.01. The Labute approximate surface area is 133 Å². The smallest absolute Gasteiger partial charge is 0.161 e. The van der Waals surface area contributed by atoms with E-state index in [2.05, 4.69) is 19.9 Å². The molecule has 2 aromatic heterocycles. The Hall–Kier alpha value is -2.10. The van der Waals surface area contributed by atoms with Crippen LogP contribution in [0.4, 0.5) is 5.82 Å². The zero-order valence-electron chi connectivity index (χ0n) is 12.3. The average Bonchev–Trinajstić information content (AvgIpc) is 2.94. The third-order valence-corrected chi connectivity index (χ3v) is 3.99. The van der Waals surface area contributed by atoms with E-state index in [1.807, 2.05) is 25.1 Å². The van der Waals surface area contributed by atoms with E-state index in [0.29, 0.717) is 5.02 Å². The zero-order chi connectivity index (χ0) is 15.5. The molecule has 0 bridgehead atoms. The van der Waals surface area contributed by atoms with Gasteiger partial charge in [-0.1, -0.05) is 16.8 Å². The number of hydrogen-bond acceptors (Lipinski definition) is 6. The molecule has 1 saturated heterocycles. The second-order valence-corrected chi connectivity index (χ2v) is 5.72. The second kappa shape index (κ2) is 6.34. The molecule has 1 fully saturated rings. The number of nitrogens with zero attached hydrogens (tertiary/aromatic N) is 5. The van der Waals surface area contributed by atoms with Crippen LogP contribution in [0.5, 0.6) is 0 Å². The van der Waals surface area contributed by atoms with Crippen LogP contribution < -0.4 is 4.90 Å². The van der Waals surface area contributed by atoms with Crippen molar-refractivity contribution in [1.82, 2.24) is 15.0 Å². The molecule has 0 spiro atoms. The lowest BCUT2D eigenvalue weighted by Crippen LogP contribution is -2.46. The van der Waals surface area contributed by atoms with E-state index in [-0.39, 0.29) is 5.69 Å². The highest BCUT2D eigenvalue weighted by atomic mass is 35.5. The number of piperazine rings is 1. The van der Waals surface area contributed by atoms with Gasteiger partial charge >= 0.3 is 0 Å². The summed E-state index contributed by atoms with van der Waals surface area (Å²) in [6.07, 6.45) is 0. The molecule has 0 N–H and O–H groups in total. The minimum absolute atomic E-state index is 0.277. The van der Waals surface area contributed by atoms with Crippen molar-refractivity contribution in [2.45, 2.75) is 13.5 Å². The number of anilines is 1. The number of rotatable bonds is 3. The topological polar surface area (TPSA) is 69.2 Å². The van der Waals surface area contributed by atoms with Crippen LogP contribution in [0, 0.1) is 18.3 Å². The Morgan fingerprint density at radius 1 is 1.32 bits per heavy atom. The van der Waals surface area contributed by atoms with Crippen molar-refractivity contribution in [1.29, 1.82) is 5.26 Å².